The van der Waals surface area contributed by atoms with Crippen molar-refractivity contribution in [3.8, 4) is 28.2 Å². The standard InChI is InChI=1S/C26H25NO5/c1-2-18-9-11-19(12-10-18)23-24-21(31-16-6-15-30-17-22(28)29)13-14-27-26(24)32-25(23)20-7-4-3-5-8-20/h3-5,7-14H,2,6,15-17H2,1H3,(H,28,29). The number of benzene rings is 2. The van der Waals surface area contributed by atoms with E-state index in [2.05, 4.69) is 36.2 Å². The Kier molecular flexibility index (Phi) is 6.82. The number of fused-ring (bicyclic) bond motifs is 1. The Morgan fingerprint density at radius 3 is 2.50 bits per heavy atom. The SMILES string of the molecule is CCc1ccc(-c2c(-c3ccccc3)oc3nccc(OCCCOCC(=O)O)c23)cc1. The average molecular weight is 431 g/mol. The van der Waals surface area contributed by atoms with Crippen LogP contribution in [0.2, 0.25) is 0 Å². The lowest BCUT2D eigenvalue weighted by molar-refractivity contribution is -0.142. The van der Waals surface area contributed by atoms with Crippen LogP contribution in [0.5, 0.6) is 5.75 Å². The van der Waals surface area contributed by atoms with Crippen LogP contribution < -0.4 is 4.74 Å². The molecule has 0 aliphatic carbocycles. The number of rotatable bonds is 10. The fourth-order valence-corrected chi connectivity index (χ4v) is 3.59. The smallest absolute Gasteiger partial charge is 0.329 e. The van der Waals surface area contributed by atoms with E-state index in [4.69, 9.17) is 19.0 Å². The number of carbonyl (C=O) groups is 1. The lowest BCUT2D eigenvalue weighted by atomic mass is 9.97. The minimum absolute atomic E-state index is 0.306. The molecular formula is C26H25NO5. The second-order valence-corrected chi connectivity index (χ2v) is 7.36. The van der Waals surface area contributed by atoms with Crippen LogP contribution >= 0.6 is 0 Å². The van der Waals surface area contributed by atoms with Crippen molar-refractivity contribution in [2.24, 2.45) is 0 Å². The number of pyridine rings is 1. The highest BCUT2D eigenvalue weighted by atomic mass is 16.5. The minimum atomic E-state index is -0.979. The maximum absolute atomic E-state index is 10.6. The van der Waals surface area contributed by atoms with Gasteiger partial charge < -0.3 is 19.0 Å². The van der Waals surface area contributed by atoms with Crippen molar-refractivity contribution >= 4 is 17.1 Å². The Labute approximate surface area is 186 Å². The second-order valence-electron chi connectivity index (χ2n) is 7.36. The van der Waals surface area contributed by atoms with Crippen molar-refractivity contribution in [2.75, 3.05) is 19.8 Å². The van der Waals surface area contributed by atoms with E-state index in [0.717, 1.165) is 34.3 Å². The van der Waals surface area contributed by atoms with Crippen LogP contribution in [-0.2, 0) is 16.0 Å². The Bertz CT molecular complexity index is 1180. The number of carboxylic acid groups (broad SMARTS) is 1. The summed E-state index contributed by atoms with van der Waals surface area (Å²) in [4.78, 5) is 15.0. The van der Waals surface area contributed by atoms with E-state index in [1.165, 1.54) is 5.56 Å². The van der Waals surface area contributed by atoms with E-state index in [1.54, 1.807) is 6.20 Å². The number of carboxylic acids is 1. The zero-order chi connectivity index (χ0) is 22.3. The van der Waals surface area contributed by atoms with Crippen molar-refractivity contribution in [2.45, 2.75) is 19.8 Å². The molecule has 0 spiro atoms. The monoisotopic (exact) mass is 431 g/mol. The van der Waals surface area contributed by atoms with Gasteiger partial charge in [-0.25, -0.2) is 9.78 Å². The molecule has 6 nitrogen and oxygen atoms in total. The lowest BCUT2D eigenvalue weighted by Crippen LogP contribution is -2.10. The van der Waals surface area contributed by atoms with Crippen LogP contribution in [0.4, 0.5) is 0 Å². The zero-order valence-electron chi connectivity index (χ0n) is 17.9. The van der Waals surface area contributed by atoms with Gasteiger partial charge in [-0.1, -0.05) is 61.5 Å². The zero-order valence-corrected chi connectivity index (χ0v) is 17.9. The van der Waals surface area contributed by atoms with Gasteiger partial charge in [0.2, 0.25) is 5.71 Å². The first-order valence-electron chi connectivity index (χ1n) is 10.7. The third-order valence-electron chi connectivity index (χ3n) is 5.16. The summed E-state index contributed by atoms with van der Waals surface area (Å²) >= 11 is 0. The Balaban J connectivity index is 1.71. The number of nitrogens with zero attached hydrogens (tertiary/aromatic N) is 1. The number of furan rings is 1. The van der Waals surface area contributed by atoms with Gasteiger partial charge in [-0.15, -0.1) is 0 Å². The second kappa shape index (κ2) is 10.1. The molecule has 1 N–H and O–H groups in total. The number of aryl methyl sites for hydroxylation is 1. The fraction of sp³-hybridized carbons (Fsp3) is 0.231. The van der Waals surface area contributed by atoms with Gasteiger partial charge in [0.05, 0.1) is 18.6 Å². The van der Waals surface area contributed by atoms with Gasteiger partial charge in [0.25, 0.3) is 0 Å². The molecule has 0 aliphatic heterocycles. The average Bonchev–Trinajstić information content (AvgIpc) is 3.22. The third kappa shape index (κ3) is 4.81. The third-order valence-corrected chi connectivity index (χ3v) is 5.16. The molecule has 0 saturated carbocycles. The van der Waals surface area contributed by atoms with Gasteiger partial charge >= 0.3 is 5.97 Å². The summed E-state index contributed by atoms with van der Waals surface area (Å²) in [6, 6.07) is 20.2. The molecule has 0 saturated heterocycles. The highest BCUT2D eigenvalue weighted by Crippen LogP contribution is 2.43. The molecule has 0 amide bonds. The van der Waals surface area contributed by atoms with E-state index < -0.39 is 5.97 Å². The summed E-state index contributed by atoms with van der Waals surface area (Å²) in [5, 5.41) is 9.48. The van der Waals surface area contributed by atoms with Crippen LogP contribution in [0, 0.1) is 0 Å². The predicted molar refractivity (Wildman–Crippen MR) is 123 cm³/mol. The first-order chi connectivity index (χ1) is 15.7. The molecule has 2 aromatic heterocycles. The van der Waals surface area contributed by atoms with Crippen LogP contribution in [0.1, 0.15) is 18.9 Å². The molecule has 0 fully saturated rings. The van der Waals surface area contributed by atoms with Gasteiger partial charge in [0.1, 0.15) is 18.1 Å². The highest BCUT2D eigenvalue weighted by Gasteiger charge is 2.22. The number of ether oxygens (including phenoxy) is 2. The fourth-order valence-electron chi connectivity index (χ4n) is 3.59. The van der Waals surface area contributed by atoms with E-state index in [9.17, 15) is 4.79 Å². The van der Waals surface area contributed by atoms with Crippen LogP contribution in [-0.4, -0.2) is 35.9 Å². The molecule has 6 heteroatoms. The topological polar surface area (TPSA) is 81.8 Å². The quantitative estimate of drug-likeness (QED) is 0.330. The molecule has 4 aromatic rings. The molecule has 0 unspecified atom stereocenters. The summed E-state index contributed by atoms with van der Waals surface area (Å²) < 4.78 is 17.4. The molecule has 0 bridgehead atoms. The molecular weight excluding hydrogens is 406 g/mol. The van der Waals surface area contributed by atoms with Crippen molar-refractivity contribution in [1.29, 1.82) is 0 Å². The highest BCUT2D eigenvalue weighted by molar-refractivity contribution is 6.03. The molecule has 4 rings (SSSR count). The summed E-state index contributed by atoms with van der Waals surface area (Å²) in [7, 11) is 0. The predicted octanol–water partition coefficient (Wildman–Crippen LogP) is 5.59. The van der Waals surface area contributed by atoms with Crippen LogP contribution in [0.3, 0.4) is 0 Å². The molecule has 0 aliphatic rings. The summed E-state index contributed by atoms with van der Waals surface area (Å²) in [6.07, 6.45) is 3.21. The Hall–Kier alpha value is -3.64. The van der Waals surface area contributed by atoms with Gasteiger partial charge in [0, 0.05) is 23.7 Å². The van der Waals surface area contributed by atoms with Crippen molar-refractivity contribution in [1.82, 2.24) is 4.98 Å². The summed E-state index contributed by atoms with van der Waals surface area (Å²) in [5.74, 6) is 0.444. The molecule has 2 aromatic carbocycles. The first kappa shape index (κ1) is 21.6. The van der Waals surface area contributed by atoms with E-state index in [1.807, 2.05) is 36.4 Å². The number of aromatic nitrogens is 1. The van der Waals surface area contributed by atoms with Gasteiger partial charge in [-0.05, 0) is 23.6 Å². The van der Waals surface area contributed by atoms with E-state index in [-0.39, 0.29) is 6.61 Å². The number of hydrogen-bond acceptors (Lipinski definition) is 5. The Morgan fingerprint density at radius 2 is 1.78 bits per heavy atom. The normalized spacial score (nSPS) is 11.0. The van der Waals surface area contributed by atoms with Crippen LogP contribution in [0.25, 0.3) is 33.6 Å². The molecule has 2 heterocycles. The van der Waals surface area contributed by atoms with Gasteiger partial charge in [-0.3, -0.25) is 0 Å². The van der Waals surface area contributed by atoms with Crippen LogP contribution in [0.15, 0.2) is 71.3 Å². The number of hydrogen-bond donors (Lipinski definition) is 1. The van der Waals surface area contributed by atoms with Gasteiger partial charge in [0.15, 0.2) is 0 Å². The van der Waals surface area contributed by atoms with Crippen molar-refractivity contribution in [3.05, 3.63) is 72.4 Å². The summed E-state index contributed by atoms with van der Waals surface area (Å²) in [6.45, 7) is 2.53. The number of aliphatic carboxylic acids is 1. The molecule has 164 valence electrons. The largest absolute Gasteiger partial charge is 0.493 e. The minimum Gasteiger partial charge on any atom is -0.493 e. The Morgan fingerprint density at radius 1 is 1.00 bits per heavy atom. The maximum Gasteiger partial charge on any atom is 0.329 e. The van der Waals surface area contributed by atoms with Gasteiger partial charge in [-0.2, -0.15) is 0 Å². The van der Waals surface area contributed by atoms with Crippen molar-refractivity contribution in [3.63, 3.8) is 0 Å². The summed E-state index contributed by atoms with van der Waals surface area (Å²) in [5.41, 5.74) is 4.71. The molecule has 0 radical (unpaired) electrons. The molecule has 0 atom stereocenters. The van der Waals surface area contributed by atoms with E-state index in [0.29, 0.717) is 31.1 Å². The molecule has 32 heavy (non-hydrogen) atoms. The maximum atomic E-state index is 10.6. The van der Waals surface area contributed by atoms with E-state index >= 15 is 0 Å². The lowest BCUT2D eigenvalue weighted by Gasteiger charge is -2.09. The van der Waals surface area contributed by atoms with Crippen molar-refractivity contribution < 1.29 is 23.8 Å². The first-order valence-corrected chi connectivity index (χ1v) is 10.7.